The molecule has 1 aromatic heterocycles. The molecule has 0 saturated carbocycles. The second-order valence-corrected chi connectivity index (χ2v) is 10.3. The first kappa shape index (κ1) is 23.7. The average Bonchev–Trinajstić information content (AvgIpc) is 2.79. The SMILES string of the molecule is Cc1cc(CN2CCN(c3ccc(C(=O)NS(C)(=O)=O)cc3)CC2)ccc1-c1cncc(O)c1. The van der Waals surface area contributed by atoms with Crippen molar-refractivity contribution < 1.29 is 18.3 Å². The second kappa shape index (κ2) is 9.82. The summed E-state index contributed by atoms with van der Waals surface area (Å²) in [6, 6.07) is 15.1. The van der Waals surface area contributed by atoms with Gasteiger partial charge in [-0.25, -0.2) is 13.1 Å². The van der Waals surface area contributed by atoms with Crippen molar-refractivity contribution in [3.63, 3.8) is 0 Å². The van der Waals surface area contributed by atoms with Crippen molar-refractivity contribution in [1.29, 1.82) is 0 Å². The van der Waals surface area contributed by atoms with Gasteiger partial charge in [0.2, 0.25) is 10.0 Å². The Balaban J connectivity index is 1.33. The van der Waals surface area contributed by atoms with Crippen molar-refractivity contribution in [2.24, 2.45) is 0 Å². The molecular weight excluding hydrogens is 452 g/mol. The fourth-order valence-electron chi connectivity index (χ4n) is 4.20. The third-order valence-electron chi connectivity index (χ3n) is 5.88. The number of piperazine rings is 1. The predicted molar refractivity (Wildman–Crippen MR) is 132 cm³/mol. The summed E-state index contributed by atoms with van der Waals surface area (Å²) in [4.78, 5) is 20.7. The molecule has 2 N–H and O–H groups in total. The smallest absolute Gasteiger partial charge is 0.264 e. The lowest BCUT2D eigenvalue weighted by Gasteiger charge is -2.36. The Morgan fingerprint density at radius 2 is 1.74 bits per heavy atom. The molecule has 8 nitrogen and oxygen atoms in total. The van der Waals surface area contributed by atoms with Crippen LogP contribution in [0, 0.1) is 6.92 Å². The molecule has 4 rings (SSSR count). The van der Waals surface area contributed by atoms with E-state index in [0.717, 1.165) is 61.4 Å². The van der Waals surface area contributed by atoms with E-state index in [1.165, 1.54) is 11.8 Å². The zero-order chi connectivity index (χ0) is 24.3. The van der Waals surface area contributed by atoms with Gasteiger partial charge < -0.3 is 10.0 Å². The molecule has 1 aliphatic rings. The van der Waals surface area contributed by atoms with Crippen molar-refractivity contribution in [1.82, 2.24) is 14.6 Å². The van der Waals surface area contributed by atoms with Gasteiger partial charge >= 0.3 is 0 Å². The van der Waals surface area contributed by atoms with Crippen molar-refractivity contribution in [3.8, 4) is 16.9 Å². The van der Waals surface area contributed by atoms with Crippen LogP contribution in [-0.2, 0) is 16.6 Å². The van der Waals surface area contributed by atoms with Gasteiger partial charge in [-0.15, -0.1) is 0 Å². The Bertz CT molecular complexity index is 1280. The number of nitrogens with one attached hydrogen (secondary N) is 1. The number of benzene rings is 2. The Hall–Kier alpha value is -3.43. The molecule has 178 valence electrons. The Morgan fingerprint density at radius 1 is 1.03 bits per heavy atom. The highest BCUT2D eigenvalue weighted by Gasteiger charge is 2.18. The third-order valence-corrected chi connectivity index (χ3v) is 6.43. The molecule has 0 spiro atoms. The number of nitrogens with zero attached hydrogens (tertiary/aromatic N) is 3. The number of aromatic nitrogens is 1. The summed E-state index contributed by atoms with van der Waals surface area (Å²) in [6.07, 6.45) is 4.14. The lowest BCUT2D eigenvalue weighted by atomic mass is 9.99. The van der Waals surface area contributed by atoms with Gasteiger partial charge in [-0.05, 0) is 53.9 Å². The largest absolute Gasteiger partial charge is 0.506 e. The number of amides is 1. The Morgan fingerprint density at radius 3 is 2.35 bits per heavy atom. The summed E-state index contributed by atoms with van der Waals surface area (Å²) in [7, 11) is -3.58. The monoisotopic (exact) mass is 480 g/mol. The van der Waals surface area contributed by atoms with E-state index >= 15 is 0 Å². The summed E-state index contributed by atoms with van der Waals surface area (Å²) < 4.78 is 24.5. The molecule has 3 aromatic rings. The van der Waals surface area contributed by atoms with Crippen molar-refractivity contribution in [2.75, 3.05) is 37.3 Å². The van der Waals surface area contributed by atoms with Crippen molar-refractivity contribution in [3.05, 3.63) is 77.6 Å². The first-order chi connectivity index (χ1) is 16.2. The standard InChI is InChI=1S/C25H28N4O4S/c1-18-13-19(3-8-24(18)21-14-23(30)16-26-15-21)17-28-9-11-29(12-10-28)22-6-4-20(5-7-22)25(31)27-34(2,32)33/h3-8,13-16,30H,9-12,17H2,1-2H3,(H,27,31). The van der Waals surface area contributed by atoms with Crippen molar-refractivity contribution >= 4 is 21.6 Å². The molecule has 1 amide bonds. The summed E-state index contributed by atoms with van der Waals surface area (Å²) >= 11 is 0. The summed E-state index contributed by atoms with van der Waals surface area (Å²) in [5, 5.41) is 9.71. The van der Waals surface area contributed by atoms with Crippen LogP contribution in [0.3, 0.4) is 0 Å². The fourth-order valence-corrected chi connectivity index (χ4v) is 4.65. The minimum atomic E-state index is -3.58. The third kappa shape index (κ3) is 5.92. The van der Waals surface area contributed by atoms with Crippen LogP contribution in [0.15, 0.2) is 60.9 Å². The van der Waals surface area contributed by atoms with Crippen LogP contribution >= 0.6 is 0 Å². The van der Waals surface area contributed by atoms with Gasteiger partial charge in [0.05, 0.1) is 12.5 Å². The molecule has 0 unspecified atom stereocenters. The van der Waals surface area contributed by atoms with Gasteiger partial charge in [0.25, 0.3) is 5.91 Å². The molecule has 1 saturated heterocycles. The van der Waals surface area contributed by atoms with Gasteiger partial charge in [-0.2, -0.15) is 0 Å². The van der Waals surface area contributed by atoms with Crippen LogP contribution in [0.4, 0.5) is 5.69 Å². The first-order valence-electron chi connectivity index (χ1n) is 11.0. The number of hydrogen-bond donors (Lipinski definition) is 2. The normalized spacial score (nSPS) is 14.7. The van der Waals surface area contributed by atoms with E-state index in [0.29, 0.717) is 5.56 Å². The van der Waals surface area contributed by atoms with Gasteiger partial charge in [0.1, 0.15) is 5.75 Å². The van der Waals surface area contributed by atoms with E-state index in [2.05, 4.69) is 39.9 Å². The van der Waals surface area contributed by atoms with Crippen LogP contribution in [0.2, 0.25) is 0 Å². The number of pyridine rings is 1. The predicted octanol–water partition coefficient (Wildman–Crippen LogP) is 2.77. The molecule has 2 aromatic carbocycles. The maximum Gasteiger partial charge on any atom is 0.264 e. The highest BCUT2D eigenvalue weighted by atomic mass is 32.2. The molecule has 1 fully saturated rings. The van der Waals surface area contributed by atoms with Gasteiger partial charge in [0.15, 0.2) is 0 Å². The van der Waals surface area contributed by atoms with Crippen LogP contribution in [-0.4, -0.2) is 61.8 Å². The van der Waals surface area contributed by atoms with Crippen LogP contribution in [0.5, 0.6) is 5.75 Å². The van der Waals surface area contributed by atoms with Gasteiger partial charge in [0, 0.05) is 55.7 Å². The van der Waals surface area contributed by atoms with Crippen molar-refractivity contribution in [2.45, 2.75) is 13.5 Å². The Kier molecular flexibility index (Phi) is 6.85. The molecule has 1 aliphatic heterocycles. The van der Waals surface area contributed by atoms with Crippen LogP contribution in [0.25, 0.3) is 11.1 Å². The number of carbonyl (C=O) groups is 1. The minimum absolute atomic E-state index is 0.158. The van der Waals surface area contributed by atoms with E-state index < -0.39 is 15.9 Å². The number of anilines is 1. The summed E-state index contributed by atoms with van der Waals surface area (Å²) in [6.45, 7) is 6.47. The number of aryl methyl sites for hydroxylation is 1. The molecule has 0 radical (unpaired) electrons. The minimum Gasteiger partial charge on any atom is -0.506 e. The Labute approximate surface area is 199 Å². The van der Waals surface area contributed by atoms with E-state index in [-0.39, 0.29) is 5.75 Å². The molecule has 9 heteroatoms. The van der Waals surface area contributed by atoms with E-state index in [4.69, 9.17) is 0 Å². The lowest BCUT2D eigenvalue weighted by molar-refractivity contribution is 0.0981. The maximum absolute atomic E-state index is 12.0. The number of hydrogen-bond acceptors (Lipinski definition) is 7. The topological polar surface area (TPSA) is 103 Å². The highest BCUT2D eigenvalue weighted by Crippen LogP contribution is 2.27. The molecule has 34 heavy (non-hydrogen) atoms. The van der Waals surface area contributed by atoms with E-state index in [9.17, 15) is 18.3 Å². The van der Waals surface area contributed by atoms with Gasteiger partial charge in [-0.3, -0.25) is 14.7 Å². The summed E-state index contributed by atoms with van der Waals surface area (Å²) in [5.74, 6) is -0.467. The average molecular weight is 481 g/mol. The number of rotatable bonds is 6. The van der Waals surface area contributed by atoms with Gasteiger partial charge in [-0.1, -0.05) is 18.2 Å². The molecule has 0 aliphatic carbocycles. The molecular formula is C25H28N4O4S. The summed E-state index contributed by atoms with van der Waals surface area (Å²) in [5.41, 5.74) is 5.67. The highest BCUT2D eigenvalue weighted by molar-refractivity contribution is 7.89. The molecule has 2 heterocycles. The van der Waals surface area contributed by atoms with Crippen LogP contribution in [0.1, 0.15) is 21.5 Å². The first-order valence-corrected chi connectivity index (χ1v) is 12.9. The quantitative estimate of drug-likeness (QED) is 0.559. The molecule has 0 bridgehead atoms. The zero-order valence-corrected chi connectivity index (χ0v) is 20.0. The second-order valence-electron chi connectivity index (χ2n) is 8.59. The zero-order valence-electron chi connectivity index (χ0n) is 19.2. The van der Waals surface area contributed by atoms with E-state index in [1.54, 1.807) is 24.4 Å². The number of sulfonamides is 1. The fraction of sp³-hybridized carbons (Fsp3) is 0.280. The van der Waals surface area contributed by atoms with Crippen LogP contribution < -0.4 is 9.62 Å². The maximum atomic E-state index is 12.0. The number of carbonyl (C=O) groups excluding carboxylic acids is 1. The number of aromatic hydroxyl groups is 1. The lowest BCUT2D eigenvalue weighted by Crippen LogP contribution is -2.46. The molecule has 0 atom stereocenters. The van der Waals surface area contributed by atoms with E-state index in [1.807, 2.05) is 16.9 Å².